The Kier molecular flexibility index (Phi) is 10.5. The maximum Gasteiger partial charge on any atom is 0.239 e. The van der Waals surface area contributed by atoms with Crippen molar-refractivity contribution in [2.75, 3.05) is 32.8 Å². The van der Waals surface area contributed by atoms with E-state index in [2.05, 4.69) is 16.0 Å². The molecule has 0 spiro atoms. The Morgan fingerprint density at radius 2 is 1.95 bits per heavy atom. The number of rotatable bonds is 8. The van der Waals surface area contributed by atoms with E-state index in [9.17, 15) is 9.59 Å². The molecule has 1 atom stereocenters. The van der Waals surface area contributed by atoms with Crippen LogP contribution in [0.5, 0.6) is 0 Å². The summed E-state index contributed by atoms with van der Waals surface area (Å²) in [6.07, 6.45) is 3.26. The SMILES string of the molecule is CCCNC(=O)CNC(=O)CNCC1CCCO1.Cl. The summed E-state index contributed by atoms with van der Waals surface area (Å²) < 4.78 is 5.42. The van der Waals surface area contributed by atoms with Crippen LogP contribution in [0.15, 0.2) is 0 Å². The molecule has 19 heavy (non-hydrogen) atoms. The molecule has 112 valence electrons. The third-order valence-corrected chi connectivity index (χ3v) is 2.70. The monoisotopic (exact) mass is 293 g/mol. The molecule has 1 heterocycles. The van der Waals surface area contributed by atoms with Crippen LogP contribution in [0.3, 0.4) is 0 Å². The Balaban J connectivity index is 0.00000324. The molecule has 0 aliphatic carbocycles. The minimum Gasteiger partial charge on any atom is -0.377 e. The zero-order valence-corrected chi connectivity index (χ0v) is 12.2. The molecule has 0 aromatic carbocycles. The first-order valence-corrected chi connectivity index (χ1v) is 6.58. The van der Waals surface area contributed by atoms with Crippen LogP contribution in [-0.4, -0.2) is 50.7 Å². The molecule has 0 bridgehead atoms. The van der Waals surface area contributed by atoms with Crippen LogP contribution in [0, 0.1) is 0 Å². The van der Waals surface area contributed by atoms with Crippen LogP contribution in [0.4, 0.5) is 0 Å². The summed E-state index contributed by atoms with van der Waals surface area (Å²) in [5.74, 6) is -0.316. The van der Waals surface area contributed by atoms with Gasteiger partial charge in [0.2, 0.25) is 11.8 Å². The number of nitrogens with one attached hydrogen (secondary N) is 3. The molecular weight excluding hydrogens is 270 g/mol. The zero-order valence-electron chi connectivity index (χ0n) is 11.4. The van der Waals surface area contributed by atoms with Gasteiger partial charge < -0.3 is 20.7 Å². The van der Waals surface area contributed by atoms with Gasteiger partial charge in [-0.2, -0.15) is 0 Å². The first-order chi connectivity index (χ1) is 8.72. The fraction of sp³-hybridized carbons (Fsp3) is 0.833. The minimum atomic E-state index is -0.167. The van der Waals surface area contributed by atoms with Crippen molar-refractivity contribution in [3.05, 3.63) is 0 Å². The van der Waals surface area contributed by atoms with E-state index in [-0.39, 0.29) is 43.4 Å². The summed E-state index contributed by atoms with van der Waals surface area (Å²) in [5.41, 5.74) is 0. The van der Waals surface area contributed by atoms with Crippen molar-refractivity contribution in [3.8, 4) is 0 Å². The van der Waals surface area contributed by atoms with Crippen molar-refractivity contribution in [2.24, 2.45) is 0 Å². The number of carbonyl (C=O) groups is 2. The average molecular weight is 294 g/mol. The molecule has 0 aromatic heterocycles. The fourth-order valence-corrected chi connectivity index (χ4v) is 1.72. The highest BCUT2D eigenvalue weighted by Crippen LogP contribution is 2.10. The van der Waals surface area contributed by atoms with Gasteiger partial charge in [0.15, 0.2) is 0 Å². The Morgan fingerprint density at radius 3 is 2.58 bits per heavy atom. The van der Waals surface area contributed by atoms with Crippen molar-refractivity contribution in [3.63, 3.8) is 0 Å². The maximum absolute atomic E-state index is 11.4. The Hall–Kier alpha value is -0.850. The lowest BCUT2D eigenvalue weighted by atomic mass is 10.2. The van der Waals surface area contributed by atoms with E-state index in [1.54, 1.807) is 0 Å². The molecule has 1 fully saturated rings. The van der Waals surface area contributed by atoms with Gasteiger partial charge in [0, 0.05) is 19.7 Å². The van der Waals surface area contributed by atoms with Crippen LogP contribution in [0.25, 0.3) is 0 Å². The lowest BCUT2D eigenvalue weighted by Gasteiger charge is -2.10. The van der Waals surface area contributed by atoms with Crippen LogP contribution < -0.4 is 16.0 Å². The number of amides is 2. The third-order valence-electron chi connectivity index (χ3n) is 2.70. The topological polar surface area (TPSA) is 79.5 Å². The first-order valence-electron chi connectivity index (χ1n) is 6.58. The van der Waals surface area contributed by atoms with E-state index in [0.717, 1.165) is 25.9 Å². The van der Waals surface area contributed by atoms with Gasteiger partial charge in [-0.15, -0.1) is 12.4 Å². The quantitative estimate of drug-likeness (QED) is 0.580. The number of carbonyl (C=O) groups excluding carboxylic acids is 2. The molecule has 1 aliphatic rings. The number of halogens is 1. The first kappa shape index (κ1) is 18.1. The number of ether oxygens (including phenoxy) is 1. The molecule has 6 nitrogen and oxygen atoms in total. The van der Waals surface area contributed by atoms with Gasteiger partial charge in [-0.1, -0.05) is 6.92 Å². The average Bonchev–Trinajstić information content (AvgIpc) is 2.87. The van der Waals surface area contributed by atoms with Crippen molar-refractivity contribution in [2.45, 2.75) is 32.3 Å². The van der Waals surface area contributed by atoms with Crippen molar-refractivity contribution < 1.29 is 14.3 Å². The van der Waals surface area contributed by atoms with Crippen molar-refractivity contribution >= 4 is 24.2 Å². The largest absolute Gasteiger partial charge is 0.377 e. The van der Waals surface area contributed by atoms with Gasteiger partial charge >= 0.3 is 0 Å². The Labute approximate surface area is 120 Å². The molecule has 3 N–H and O–H groups in total. The second kappa shape index (κ2) is 11.0. The molecule has 1 saturated heterocycles. The predicted molar refractivity (Wildman–Crippen MR) is 75.4 cm³/mol. The normalized spacial score (nSPS) is 17.6. The second-order valence-corrected chi connectivity index (χ2v) is 4.39. The molecule has 1 unspecified atom stereocenters. The van der Waals surface area contributed by atoms with E-state index in [4.69, 9.17) is 4.74 Å². The molecule has 1 rings (SSSR count). The Bertz CT molecular complexity index is 271. The molecule has 7 heteroatoms. The van der Waals surface area contributed by atoms with E-state index < -0.39 is 0 Å². The zero-order chi connectivity index (χ0) is 13.2. The number of hydrogen-bond donors (Lipinski definition) is 3. The predicted octanol–water partition coefficient (Wildman–Crippen LogP) is -0.181. The molecule has 0 aromatic rings. The summed E-state index contributed by atoms with van der Waals surface area (Å²) in [7, 11) is 0. The summed E-state index contributed by atoms with van der Waals surface area (Å²) in [4.78, 5) is 22.6. The minimum absolute atomic E-state index is 0. The van der Waals surface area contributed by atoms with Gasteiger partial charge in [0.25, 0.3) is 0 Å². The standard InChI is InChI=1S/C12H23N3O3.ClH/c1-2-5-14-12(17)9-15-11(16)8-13-7-10-4-3-6-18-10;/h10,13H,2-9H2,1H3,(H,14,17)(H,15,16);1H. The van der Waals surface area contributed by atoms with Crippen molar-refractivity contribution in [1.82, 2.24) is 16.0 Å². The van der Waals surface area contributed by atoms with Gasteiger partial charge in [-0.05, 0) is 19.3 Å². The molecule has 0 radical (unpaired) electrons. The van der Waals surface area contributed by atoms with Gasteiger partial charge in [0.1, 0.15) is 0 Å². The van der Waals surface area contributed by atoms with Crippen LogP contribution in [0.2, 0.25) is 0 Å². The fourth-order valence-electron chi connectivity index (χ4n) is 1.72. The number of hydrogen-bond acceptors (Lipinski definition) is 4. The highest BCUT2D eigenvalue weighted by Gasteiger charge is 2.15. The summed E-state index contributed by atoms with van der Waals surface area (Å²) in [6, 6.07) is 0. The lowest BCUT2D eigenvalue weighted by Crippen LogP contribution is -2.42. The van der Waals surface area contributed by atoms with Crippen LogP contribution in [0.1, 0.15) is 26.2 Å². The van der Waals surface area contributed by atoms with E-state index in [0.29, 0.717) is 13.1 Å². The summed E-state index contributed by atoms with van der Waals surface area (Å²) >= 11 is 0. The maximum atomic E-state index is 11.4. The van der Waals surface area contributed by atoms with E-state index in [1.807, 2.05) is 6.92 Å². The second-order valence-electron chi connectivity index (χ2n) is 4.39. The van der Waals surface area contributed by atoms with Gasteiger partial charge in [-0.3, -0.25) is 9.59 Å². The molecular formula is C12H24ClN3O3. The third kappa shape index (κ3) is 8.80. The summed E-state index contributed by atoms with van der Waals surface area (Å²) in [6.45, 7) is 4.40. The molecule has 1 aliphatic heterocycles. The van der Waals surface area contributed by atoms with Gasteiger partial charge in [-0.25, -0.2) is 0 Å². The highest BCUT2D eigenvalue weighted by atomic mass is 35.5. The lowest BCUT2D eigenvalue weighted by molar-refractivity contribution is -0.125. The van der Waals surface area contributed by atoms with Crippen LogP contribution in [-0.2, 0) is 14.3 Å². The van der Waals surface area contributed by atoms with E-state index >= 15 is 0 Å². The van der Waals surface area contributed by atoms with Crippen LogP contribution >= 0.6 is 12.4 Å². The van der Waals surface area contributed by atoms with E-state index in [1.165, 1.54) is 0 Å². The smallest absolute Gasteiger partial charge is 0.239 e. The molecule has 2 amide bonds. The molecule has 0 saturated carbocycles. The highest BCUT2D eigenvalue weighted by molar-refractivity contribution is 5.85. The van der Waals surface area contributed by atoms with Gasteiger partial charge in [0.05, 0.1) is 19.2 Å². The van der Waals surface area contributed by atoms with Crippen molar-refractivity contribution in [1.29, 1.82) is 0 Å². The Morgan fingerprint density at radius 1 is 1.21 bits per heavy atom. The summed E-state index contributed by atoms with van der Waals surface area (Å²) in [5, 5.41) is 8.28.